The average Bonchev–Trinajstić information content (AvgIpc) is 3.02. The molecule has 1 fully saturated rings. The van der Waals surface area contributed by atoms with Gasteiger partial charge >= 0.3 is 0 Å². The second kappa shape index (κ2) is 8.44. The Hall–Kier alpha value is -3.37. The monoisotopic (exact) mass is 504 g/mol. The van der Waals surface area contributed by atoms with Crippen molar-refractivity contribution < 1.29 is 13.9 Å². The van der Waals surface area contributed by atoms with E-state index in [0.717, 1.165) is 10.7 Å². The van der Waals surface area contributed by atoms with E-state index in [1.807, 2.05) is 0 Å². The molecule has 1 atom stereocenters. The Morgan fingerprint density at radius 1 is 1.26 bits per heavy atom. The third kappa shape index (κ3) is 3.45. The summed E-state index contributed by atoms with van der Waals surface area (Å²) in [5.41, 5.74) is 5.46. The molecule has 1 amide bonds. The molecule has 0 aliphatic carbocycles. The van der Waals surface area contributed by atoms with Crippen LogP contribution in [0.2, 0.25) is 10.0 Å². The number of rotatable bonds is 2. The number of halogens is 3. The maximum absolute atomic E-state index is 14.8. The molecule has 9 nitrogen and oxygen atoms in total. The van der Waals surface area contributed by atoms with Gasteiger partial charge in [-0.05, 0) is 12.1 Å². The summed E-state index contributed by atoms with van der Waals surface area (Å²) in [4.78, 5) is 33.6. The Labute approximate surface area is 203 Å². The van der Waals surface area contributed by atoms with Crippen molar-refractivity contribution in [2.75, 3.05) is 36.9 Å². The zero-order chi connectivity index (χ0) is 24.1. The second-order valence-corrected chi connectivity index (χ2v) is 8.80. The molecule has 34 heavy (non-hydrogen) atoms. The molecule has 0 bridgehead atoms. The summed E-state index contributed by atoms with van der Waals surface area (Å²) in [5.74, 6) is -0.540. The molecule has 0 radical (unpaired) electrons. The number of fused-ring (bicyclic) bond motifs is 5. The van der Waals surface area contributed by atoms with E-state index < -0.39 is 11.4 Å². The fraction of sp³-hybridized carbons (Fsp3) is 0.273. The molecule has 3 aromatic rings. The topological polar surface area (TPSA) is 107 Å². The first kappa shape index (κ1) is 22.4. The van der Waals surface area contributed by atoms with Gasteiger partial charge in [0.15, 0.2) is 11.6 Å². The first-order valence-electron chi connectivity index (χ1n) is 10.5. The van der Waals surface area contributed by atoms with Gasteiger partial charge in [-0.1, -0.05) is 29.8 Å². The van der Waals surface area contributed by atoms with Crippen LogP contribution in [-0.4, -0.2) is 57.9 Å². The fourth-order valence-corrected chi connectivity index (χ4v) is 4.91. The molecule has 0 saturated carbocycles. The zero-order valence-corrected chi connectivity index (χ0v) is 19.3. The molecule has 1 saturated heterocycles. The number of anilines is 2. The Kier molecular flexibility index (Phi) is 5.57. The average molecular weight is 505 g/mol. The summed E-state index contributed by atoms with van der Waals surface area (Å²) >= 11 is 12.0. The first-order chi connectivity index (χ1) is 16.3. The predicted molar refractivity (Wildman–Crippen MR) is 128 cm³/mol. The Balaban J connectivity index is 1.66. The van der Waals surface area contributed by atoms with Crippen molar-refractivity contribution >= 4 is 51.4 Å². The van der Waals surface area contributed by atoms with Crippen LogP contribution in [0, 0.1) is 5.82 Å². The van der Waals surface area contributed by atoms with Crippen LogP contribution in [0.25, 0.3) is 16.6 Å². The van der Waals surface area contributed by atoms with Gasteiger partial charge in [0.2, 0.25) is 5.91 Å². The van der Waals surface area contributed by atoms with Crippen LogP contribution in [-0.2, 0) is 4.79 Å². The lowest BCUT2D eigenvalue weighted by molar-refractivity contribution is -0.126. The molecule has 12 heteroatoms. The fourth-order valence-electron chi connectivity index (χ4n) is 4.46. The Bertz CT molecular complexity index is 1390. The number of aromatic nitrogens is 3. The summed E-state index contributed by atoms with van der Waals surface area (Å²) in [7, 11) is 0. The molecule has 2 N–H and O–H groups in total. The number of ether oxygens (including phenoxy) is 1. The highest BCUT2D eigenvalue weighted by molar-refractivity contribution is 6.37. The second-order valence-electron chi connectivity index (χ2n) is 7.98. The van der Waals surface area contributed by atoms with E-state index in [2.05, 4.69) is 21.6 Å². The largest absolute Gasteiger partial charge is 0.490 e. The number of amides is 1. The molecule has 2 aliphatic rings. The van der Waals surface area contributed by atoms with Crippen LogP contribution < -0.4 is 20.9 Å². The highest BCUT2D eigenvalue weighted by Crippen LogP contribution is 2.39. The molecule has 1 unspecified atom stereocenters. The molecule has 176 valence electrons. The minimum Gasteiger partial charge on any atom is -0.490 e. The summed E-state index contributed by atoms with van der Waals surface area (Å²) in [6.07, 6.45) is 4.86. The number of nitrogens with zero attached hydrogens (tertiary/aromatic N) is 5. The van der Waals surface area contributed by atoms with Gasteiger partial charge < -0.3 is 20.3 Å². The number of benzene rings is 1. The van der Waals surface area contributed by atoms with Gasteiger partial charge in [-0.25, -0.2) is 9.37 Å². The van der Waals surface area contributed by atoms with E-state index >= 15 is 0 Å². The van der Waals surface area contributed by atoms with Crippen molar-refractivity contribution in [1.29, 1.82) is 0 Å². The van der Waals surface area contributed by atoms with E-state index in [1.54, 1.807) is 4.90 Å². The standard InChI is InChI=1S/C22H19Cl2FN6O3/c1-2-16(32)29-4-5-30-11(10-29)3-6-34-15-9-27-19-12(20(15)30)8-28-31(22(19)33)21-17(25)13(23)7-14(24)18(21)26/h2,7-9,11H,1,3-6,10,26H2. The van der Waals surface area contributed by atoms with Crippen molar-refractivity contribution in [1.82, 2.24) is 19.7 Å². The molecule has 0 spiro atoms. The number of carbonyl (C=O) groups excluding carboxylic acids is 1. The smallest absolute Gasteiger partial charge is 0.298 e. The molecule has 5 rings (SSSR count). The number of nitrogens with two attached hydrogens (primary N) is 1. The van der Waals surface area contributed by atoms with Crippen LogP contribution in [0.3, 0.4) is 0 Å². The van der Waals surface area contributed by atoms with E-state index in [-0.39, 0.29) is 38.9 Å². The van der Waals surface area contributed by atoms with Crippen molar-refractivity contribution in [3.05, 3.63) is 57.3 Å². The summed E-state index contributed by atoms with van der Waals surface area (Å²) < 4.78 is 21.6. The lowest BCUT2D eigenvalue weighted by Gasteiger charge is -2.41. The number of piperazine rings is 1. The van der Waals surface area contributed by atoms with E-state index in [1.165, 1.54) is 18.5 Å². The highest BCUT2D eigenvalue weighted by Gasteiger charge is 2.34. The minimum atomic E-state index is -0.918. The Morgan fingerprint density at radius 3 is 2.82 bits per heavy atom. The van der Waals surface area contributed by atoms with Gasteiger partial charge in [-0.3, -0.25) is 9.59 Å². The van der Waals surface area contributed by atoms with Crippen molar-refractivity contribution in [2.24, 2.45) is 0 Å². The van der Waals surface area contributed by atoms with Gasteiger partial charge in [0.1, 0.15) is 11.2 Å². The maximum Gasteiger partial charge on any atom is 0.298 e. The van der Waals surface area contributed by atoms with Crippen LogP contribution in [0.4, 0.5) is 15.8 Å². The SMILES string of the molecule is C=CC(=O)N1CCN2c3c(cnc4c(=O)n(-c5c(N)c(Cl)cc(Cl)c5F)ncc34)OCCC2C1. The third-order valence-corrected chi connectivity index (χ3v) is 6.70. The normalized spacial score (nSPS) is 17.6. The predicted octanol–water partition coefficient (Wildman–Crippen LogP) is 2.79. The first-order valence-corrected chi connectivity index (χ1v) is 11.2. The zero-order valence-electron chi connectivity index (χ0n) is 17.8. The summed E-state index contributed by atoms with van der Waals surface area (Å²) in [5, 5.41) is 4.33. The van der Waals surface area contributed by atoms with Crippen LogP contribution in [0.1, 0.15) is 6.42 Å². The van der Waals surface area contributed by atoms with Gasteiger partial charge in [0.25, 0.3) is 5.56 Å². The summed E-state index contributed by atoms with van der Waals surface area (Å²) in [6, 6.07) is 1.13. The molecular formula is C22H19Cl2FN6O3. The number of carbonyl (C=O) groups is 1. The number of hydrogen-bond donors (Lipinski definition) is 1. The molecular weight excluding hydrogens is 486 g/mol. The Morgan fingerprint density at radius 2 is 2.06 bits per heavy atom. The van der Waals surface area contributed by atoms with Gasteiger partial charge in [0.05, 0.1) is 51.8 Å². The van der Waals surface area contributed by atoms with E-state index in [4.69, 9.17) is 33.7 Å². The molecule has 4 heterocycles. The minimum absolute atomic E-state index is 0.00623. The number of pyridine rings is 1. The molecule has 2 aromatic heterocycles. The van der Waals surface area contributed by atoms with Crippen molar-refractivity contribution in [3.63, 3.8) is 0 Å². The number of hydrogen-bond acceptors (Lipinski definition) is 7. The van der Waals surface area contributed by atoms with Gasteiger partial charge in [0, 0.05) is 26.1 Å². The van der Waals surface area contributed by atoms with Crippen molar-refractivity contribution in [3.8, 4) is 11.4 Å². The molecule has 2 aliphatic heterocycles. The third-order valence-electron chi connectivity index (χ3n) is 6.11. The quantitative estimate of drug-likeness (QED) is 0.324. The molecule has 1 aromatic carbocycles. The van der Waals surface area contributed by atoms with Crippen molar-refractivity contribution in [2.45, 2.75) is 12.5 Å². The van der Waals surface area contributed by atoms with Gasteiger partial charge in [-0.15, -0.1) is 0 Å². The maximum atomic E-state index is 14.8. The van der Waals surface area contributed by atoms with E-state index in [0.29, 0.717) is 49.5 Å². The van der Waals surface area contributed by atoms with E-state index in [9.17, 15) is 14.0 Å². The summed E-state index contributed by atoms with van der Waals surface area (Å²) in [6.45, 7) is 5.48. The highest BCUT2D eigenvalue weighted by atomic mass is 35.5. The number of nitrogen functional groups attached to an aromatic ring is 1. The van der Waals surface area contributed by atoms with Crippen LogP contribution >= 0.6 is 23.2 Å². The van der Waals surface area contributed by atoms with Gasteiger partial charge in [-0.2, -0.15) is 9.78 Å². The lowest BCUT2D eigenvalue weighted by atomic mass is 10.1. The van der Waals surface area contributed by atoms with Crippen LogP contribution in [0.5, 0.6) is 5.75 Å². The van der Waals surface area contributed by atoms with Crippen LogP contribution in [0.15, 0.2) is 35.9 Å². The lowest BCUT2D eigenvalue weighted by Crippen LogP contribution is -2.54.